The second-order valence-electron chi connectivity index (χ2n) is 8.24. The third kappa shape index (κ3) is 5.28. The monoisotopic (exact) mass is 396 g/mol. The number of primary amides is 1. The predicted molar refractivity (Wildman–Crippen MR) is 110 cm³/mol. The Kier molecular flexibility index (Phi) is 6.11. The molecule has 1 aliphatic rings. The zero-order chi connectivity index (χ0) is 21.0. The Bertz CT molecular complexity index is 843. The summed E-state index contributed by atoms with van der Waals surface area (Å²) in [6.07, 6.45) is 0.649. The number of ether oxygens (including phenoxy) is 2. The van der Waals surface area contributed by atoms with Crippen molar-refractivity contribution in [2.75, 3.05) is 0 Å². The van der Waals surface area contributed by atoms with Gasteiger partial charge in [-0.05, 0) is 56.9 Å². The van der Waals surface area contributed by atoms with E-state index < -0.39 is 23.6 Å². The van der Waals surface area contributed by atoms with Gasteiger partial charge >= 0.3 is 6.09 Å². The highest BCUT2D eigenvalue weighted by atomic mass is 16.6. The first kappa shape index (κ1) is 20.7. The zero-order valence-electron chi connectivity index (χ0n) is 17.1. The quantitative estimate of drug-likeness (QED) is 0.821. The normalized spacial score (nSPS) is 19.1. The van der Waals surface area contributed by atoms with Gasteiger partial charge in [-0.3, -0.25) is 9.69 Å². The van der Waals surface area contributed by atoms with Crippen molar-refractivity contribution < 1.29 is 19.1 Å². The van der Waals surface area contributed by atoms with Crippen LogP contribution in [0.15, 0.2) is 54.6 Å². The Labute approximate surface area is 171 Å². The second kappa shape index (κ2) is 8.55. The van der Waals surface area contributed by atoms with Crippen LogP contribution in [0.1, 0.15) is 50.8 Å². The van der Waals surface area contributed by atoms with Gasteiger partial charge in [-0.2, -0.15) is 0 Å². The van der Waals surface area contributed by atoms with Crippen LogP contribution in [0.3, 0.4) is 0 Å². The number of benzene rings is 2. The van der Waals surface area contributed by atoms with Crippen molar-refractivity contribution in [3.05, 3.63) is 65.7 Å². The number of nitrogens with zero attached hydrogens (tertiary/aromatic N) is 1. The zero-order valence-corrected chi connectivity index (χ0v) is 17.1. The summed E-state index contributed by atoms with van der Waals surface area (Å²) in [5.41, 5.74) is 6.90. The molecule has 2 N–H and O–H groups in total. The van der Waals surface area contributed by atoms with Crippen molar-refractivity contribution in [2.45, 2.75) is 57.9 Å². The van der Waals surface area contributed by atoms with Gasteiger partial charge in [-0.1, -0.05) is 42.5 Å². The van der Waals surface area contributed by atoms with Crippen LogP contribution in [-0.4, -0.2) is 28.5 Å². The largest absolute Gasteiger partial charge is 0.489 e. The molecule has 29 heavy (non-hydrogen) atoms. The molecule has 0 saturated carbocycles. The molecule has 1 fully saturated rings. The van der Waals surface area contributed by atoms with Crippen molar-refractivity contribution in [3.63, 3.8) is 0 Å². The van der Waals surface area contributed by atoms with Gasteiger partial charge in [0.05, 0.1) is 6.04 Å². The van der Waals surface area contributed by atoms with E-state index in [0.717, 1.165) is 16.9 Å². The molecule has 1 aliphatic heterocycles. The van der Waals surface area contributed by atoms with Crippen LogP contribution in [0.2, 0.25) is 0 Å². The van der Waals surface area contributed by atoms with E-state index in [-0.39, 0.29) is 6.04 Å². The molecule has 154 valence electrons. The smallest absolute Gasteiger partial charge is 0.411 e. The van der Waals surface area contributed by atoms with Gasteiger partial charge in [0, 0.05) is 0 Å². The first-order valence-electron chi connectivity index (χ1n) is 9.82. The number of amides is 2. The molecule has 2 amide bonds. The second-order valence-corrected chi connectivity index (χ2v) is 8.24. The lowest BCUT2D eigenvalue weighted by Crippen LogP contribution is -2.46. The molecule has 1 saturated heterocycles. The van der Waals surface area contributed by atoms with Crippen LogP contribution >= 0.6 is 0 Å². The van der Waals surface area contributed by atoms with E-state index in [1.54, 1.807) is 20.8 Å². The minimum Gasteiger partial charge on any atom is -0.489 e. The molecule has 1 unspecified atom stereocenters. The summed E-state index contributed by atoms with van der Waals surface area (Å²) in [5.74, 6) is 0.229. The third-order valence-corrected chi connectivity index (χ3v) is 4.83. The van der Waals surface area contributed by atoms with Crippen molar-refractivity contribution in [3.8, 4) is 5.75 Å². The van der Waals surface area contributed by atoms with Crippen LogP contribution in [0, 0.1) is 0 Å². The number of hydrogen-bond donors (Lipinski definition) is 1. The van der Waals surface area contributed by atoms with Gasteiger partial charge in [0.15, 0.2) is 0 Å². The Balaban J connectivity index is 1.73. The Morgan fingerprint density at radius 3 is 2.28 bits per heavy atom. The third-order valence-electron chi connectivity index (χ3n) is 4.83. The maximum absolute atomic E-state index is 12.8. The number of nitrogens with two attached hydrogens (primary N) is 1. The summed E-state index contributed by atoms with van der Waals surface area (Å²) < 4.78 is 11.3. The number of carbonyl (C=O) groups excluding carboxylic acids is 2. The summed E-state index contributed by atoms with van der Waals surface area (Å²) in [4.78, 5) is 26.1. The number of rotatable bonds is 5. The first-order valence-corrected chi connectivity index (χ1v) is 9.82. The van der Waals surface area contributed by atoms with Crippen molar-refractivity contribution in [1.82, 2.24) is 4.90 Å². The molecule has 0 aromatic heterocycles. The summed E-state index contributed by atoms with van der Waals surface area (Å²) in [6, 6.07) is 16.6. The summed E-state index contributed by atoms with van der Waals surface area (Å²) in [5, 5.41) is 0. The van der Waals surface area contributed by atoms with Crippen LogP contribution in [0.5, 0.6) is 5.75 Å². The Morgan fingerprint density at radius 1 is 1.03 bits per heavy atom. The van der Waals surface area contributed by atoms with Crippen molar-refractivity contribution >= 4 is 12.0 Å². The Hall–Kier alpha value is -3.02. The molecule has 0 radical (unpaired) electrons. The van der Waals surface area contributed by atoms with Gasteiger partial charge in [-0.25, -0.2) is 4.79 Å². The molecule has 6 nitrogen and oxygen atoms in total. The highest BCUT2D eigenvalue weighted by Gasteiger charge is 2.42. The predicted octanol–water partition coefficient (Wildman–Crippen LogP) is 4.19. The van der Waals surface area contributed by atoms with Crippen LogP contribution in [0.4, 0.5) is 4.79 Å². The highest BCUT2D eigenvalue weighted by Crippen LogP contribution is 2.37. The lowest BCUT2D eigenvalue weighted by atomic mass is 10.0. The molecule has 1 heterocycles. The van der Waals surface area contributed by atoms with E-state index in [0.29, 0.717) is 19.4 Å². The van der Waals surface area contributed by atoms with Crippen LogP contribution < -0.4 is 10.5 Å². The van der Waals surface area contributed by atoms with Crippen LogP contribution in [0.25, 0.3) is 0 Å². The minimum atomic E-state index is -0.663. The fourth-order valence-electron chi connectivity index (χ4n) is 3.51. The van der Waals surface area contributed by atoms with Crippen molar-refractivity contribution in [2.24, 2.45) is 5.73 Å². The lowest BCUT2D eigenvalue weighted by molar-refractivity contribution is -0.122. The minimum absolute atomic E-state index is 0.259. The van der Waals surface area contributed by atoms with E-state index in [1.165, 1.54) is 4.90 Å². The summed E-state index contributed by atoms with van der Waals surface area (Å²) in [7, 11) is 0. The van der Waals surface area contributed by atoms with Gasteiger partial charge < -0.3 is 15.2 Å². The molecule has 2 aromatic carbocycles. The standard InChI is InChI=1S/C23H28N2O4/c1-23(2,3)29-22(27)25-19(13-14-20(25)21(24)26)17-9-11-18(12-10-17)28-15-16-7-5-4-6-8-16/h4-12,19-20H,13-15H2,1-3H3,(H2,24,26)/t19-,20?/m1/s1. The number of carbonyl (C=O) groups is 2. The molecule has 0 spiro atoms. The maximum Gasteiger partial charge on any atom is 0.411 e. The fourth-order valence-corrected chi connectivity index (χ4v) is 3.51. The lowest BCUT2D eigenvalue weighted by Gasteiger charge is -2.31. The van der Waals surface area contributed by atoms with Crippen molar-refractivity contribution in [1.29, 1.82) is 0 Å². The highest BCUT2D eigenvalue weighted by molar-refractivity contribution is 5.85. The fraction of sp³-hybridized carbons (Fsp3) is 0.391. The first-order chi connectivity index (χ1) is 13.7. The number of hydrogen-bond acceptors (Lipinski definition) is 4. The average molecular weight is 396 g/mol. The van der Waals surface area contributed by atoms with Gasteiger partial charge in [0.2, 0.25) is 5.91 Å². The molecular formula is C23H28N2O4. The average Bonchev–Trinajstić information content (AvgIpc) is 3.12. The van der Waals surface area contributed by atoms with E-state index in [1.807, 2.05) is 54.6 Å². The molecule has 0 aliphatic carbocycles. The van der Waals surface area contributed by atoms with E-state index in [4.69, 9.17) is 15.2 Å². The van der Waals surface area contributed by atoms with E-state index >= 15 is 0 Å². The van der Waals surface area contributed by atoms with E-state index in [2.05, 4.69) is 0 Å². The topological polar surface area (TPSA) is 81.9 Å². The SMILES string of the molecule is CC(C)(C)OC(=O)N1C(C(N)=O)CC[C@@H]1c1ccc(OCc2ccccc2)cc1. The van der Waals surface area contributed by atoms with Crippen LogP contribution in [-0.2, 0) is 16.1 Å². The van der Waals surface area contributed by atoms with Gasteiger partial charge in [-0.15, -0.1) is 0 Å². The molecule has 0 bridgehead atoms. The maximum atomic E-state index is 12.8. The molecule has 6 heteroatoms. The molecular weight excluding hydrogens is 368 g/mol. The number of likely N-dealkylation sites (tertiary alicyclic amines) is 1. The summed E-state index contributed by atoms with van der Waals surface area (Å²) >= 11 is 0. The molecule has 2 aromatic rings. The molecule has 2 atom stereocenters. The van der Waals surface area contributed by atoms with Gasteiger partial charge in [0.25, 0.3) is 0 Å². The molecule has 3 rings (SSSR count). The summed E-state index contributed by atoms with van der Waals surface area (Å²) in [6.45, 7) is 5.88. The van der Waals surface area contributed by atoms with E-state index in [9.17, 15) is 9.59 Å². The Morgan fingerprint density at radius 2 is 1.69 bits per heavy atom. The van der Waals surface area contributed by atoms with Gasteiger partial charge in [0.1, 0.15) is 24.0 Å².